The van der Waals surface area contributed by atoms with E-state index in [0.717, 1.165) is 11.5 Å². The van der Waals surface area contributed by atoms with Gasteiger partial charge in [-0.05, 0) is 157 Å². The van der Waals surface area contributed by atoms with Gasteiger partial charge in [0, 0.05) is 11.1 Å². The standard InChI is InChI=1S/C60H95O3P/c1-36(2)55(16,17)44-28-42-30-50(59(24,25)40(9)10)52(34-46(42)48(32-44)57(20,21)38(5)6)61-64(63-54(13,14)15)62-53-35-47-43(31-51(53)60(26,27)41(11)12)29-45(56(18,19)37(3)4)33-49(47)58(22,23)39(7)8/h28-41H,1-27H3. The van der Waals surface area contributed by atoms with Crippen LogP contribution in [0, 0.1) is 35.5 Å². The van der Waals surface area contributed by atoms with Crippen molar-refractivity contribution in [1.29, 1.82) is 0 Å². The van der Waals surface area contributed by atoms with Crippen molar-refractivity contribution in [1.82, 2.24) is 0 Å². The number of fused-ring (bicyclic) bond motifs is 2. The molecular formula is C60H95O3P. The van der Waals surface area contributed by atoms with Gasteiger partial charge in [0.1, 0.15) is 11.5 Å². The van der Waals surface area contributed by atoms with E-state index in [0.29, 0.717) is 35.5 Å². The molecular weight excluding hydrogens is 800 g/mol. The van der Waals surface area contributed by atoms with E-state index in [-0.39, 0.29) is 32.5 Å². The lowest BCUT2D eigenvalue weighted by atomic mass is 9.68. The molecule has 0 bridgehead atoms. The fourth-order valence-corrected chi connectivity index (χ4v) is 9.28. The fraction of sp³-hybridized carbons (Fsp3) is 0.667. The molecule has 4 heteroatoms. The molecule has 0 aliphatic carbocycles. The van der Waals surface area contributed by atoms with Crippen LogP contribution in [0.4, 0.5) is 0 Å². The Labute approximate surface area is 396 Å². The topological polar surface area (TPSA) is 27.7 Å². The second kappa shape index (κ2) is 18.5. The lowest BCUT2D eigenvalue weighted by Gasteiger charge is -2.38. The maximum Gasteiger partial charge on any atom is 0.463 e. The van der Waals surface area contributed by atoms with Gasteiger partial charge in [-0.15, -0.1) is 0 Å². The van der Waals surface area contributed by atoms with Gasteiger partial charge in [0.2, 0.25) is 0 Å². The maximum absolute atomic E-state index is 7.42. The summed E-state index contributed by atoms with van der Waals surface area (Å²) in [5, 5.41) is 5.01. The highest BCUT2D eigenvalue weighted by molar-refractivity contribution is 7.42. The lowest BCUT2D eigenvalue weighted by molar-refractivity contribution is 0.114. The Morgan fingerprint density at radius 3 is 0.844 bits per heavy atom. The lowest BCUT2D eigenvalue weighted by Crippen LogP contribution is -2.29. The smallest absolute Gasteiger partial charge is 0.417 e. The summed E-state index contributed by atoms with van der Waals surface area (Å²) in [6, 6.07) is 19.5. The van der Waals surface area contributed by atoms with E-state index in [1.165, 1.54) is 54.9 Å². The first kappa shape index (κ1) is 54.0. The summed E-state index contributed by atoms with van der Waals surface area (Å²) in [6.45, 7) is 63.1. The quantitative estimate of drug-likeness (QED) is 0.0989. The van der Waals surface area contributed by atoms with Crippen molar-refractivity contribution in [3.63, 3.8) is 0 Å². The minimum atomic E-state index is -1.94. The van der Waals surface area contributed by atoms with Gasteiger partial charge >= 0.3 is 8.60 Å². The van der Waals surface area contributed by atoms with Crippen molar-refractivity contribution in [3.05, 3.63) is 81.9 Å². The second-order valence-electron chi connectivity index (χ2n) is 26.1. The van der Waals surface area contributed by atoms with Crippen LogP contribution >= 0.6 is 8.60 Å². The van der Waals surface area contributed by atoms with Gasteiger partial charge in [0.15, 0.2) is 0 Å². The third-order valence-electron chi connectivity index (χ3n) is 17.7. The van der Waals surface area contributed by atoms with Gasteiger partial charge in [0.05, 0.1) is 5.60 Å². The summed E-state index contributed by atoms with van der Waals surface area (Å²) < 4.78 is 21.8. The SMILES string of the molecule is CC(C)C(C)(C)c1cc(C(C)(C)C(C)C)c2cc(OP(Oc3cc4c(C(C)(C)C(C)C)cc(C(C)(C)C(C)C)cc4cc3C(C)(C)C(C)C)OC(C)(C)C)c(C(C)(C)C(C)C)cc2c1. The number of hydrogen-bond acceptors (Lipinski definition) is 3. The van der Waals surface area contributed by atoms with Gasteiger partial charge in [-0.1, -0.05) is 190 Å². The molecule has 0 radical (unpaired) electrons. The third-order valence-corrected chi connectivity index (χ3v) is 19.1. The Balaban J connectivity index is 2.15. The van der Waals surface area contributed by atoms with Crippen LogP contribution in [0.1, 0.15) is 220 Å². The Bertz CT molecular complexity index is 2110. The van der Waals surface area contributed by atoms with Crippen molar-refractivity contribution in [2.24, 2.45) is 35.5 Å². The monoisotopic (exact) mass is 895 g/mol. The molecule has 4 rings (SSSR count). The minimum Gasteiger partial charge on any atom is -0.417 e. The van der Waals surface area contributed by atoms with Gasteiger partial charge in [-0.25, -0.2) is 0 Å². The molecule has 4 aromatic carbocycles. The number of benzene rings is 4. The average Bonchev–Trinajstić information content (AvgIpc) is 3.15. The first-order chi connectivity index (χ1) is 28.8. The zero-order chi connectivity index (χ0) is 49.2. The van der Waals surface area contributed by atoms with Crippen molar-refractivity contribution in [2.45, 2.75) is 225 Å². The van der Waals surface area contributed by atoms with Crippen LogP contribution in [-0.4, -0.2) is 5.60 Å². The van der Waals surface area contributed by atoms with Crippen molar-refractivity contribution in [2.75, 3.05) is 0 Å². The summed E-state index contributed by atoms with van der Waals surface area (Å²) in [7, 11) is -1.94. The molecule has 0 spiro atoms. The van der Waals surface area contributed by atoms with Gasteiger partial charge in [-0.3, -0.25) is 4.52 Å². The van der Waals surface area contributed by atoms with Gasteiger partial charge in [-0.2, -0.15) is 0 Å². The summed E-state index contributed by atoms with van der Waals surface area (Å²) in [6.07, 6.45) is 0. The number of hydrogen-bond donors (Lipinski definition) is 0. The first-order valence-electron chi connectivity index (χ1n) is 24.9. The van der Waals surface area contributed by atoms with E-state index in [1.54, 1.807) is 0 Å². The molecule has 0 saturated heterocycles. The molecule has 0 atom stereocenters. The maximum atomic E-state index is 7.42. The van der Waals surface area contributed by atoms with E-state index in [2.05, 4.69) is 235 Å². The summed E-state index contributed by atoms with van der Waals surface area (Å²) in [4.78, 5) is 0. The normalized spacial score (nSPS) is 14.3. The van der Waals surface area contributed by atoms with Crippen molar-refractivity contribution in [3.8, 4) is 11.5 Å². The average molecular weight is 895 g/mol. The van der Waals surface area contributed by atoms with Crippen LogP contribution in [0.5, 0.6) is 11.5 Å². The minimum absolute atomic E-state index is 0.000612. The van der Waals surface area contributed by atoms with Crippen LogP contribution in [0.2, 0.25) is 0 Å². The van der Waals surface area contributed by atoms with E-state index in [4.69, 9.17) is 13.6 Å². The molecule has 0 unspecified atom stereocenters. The van der Waals surface area contributed by atoms with Crippen LogP contribution in [0.3, 0.4) is 0 Å². The van der Waals surface area contributed by atoms with E-state index < -0.39 is 14.2 Å². The Hall–Kier alpha value is -2.61. The first-order valence-corrected chi connectivity index (χ1v) is 26.0. The Morgan fingerprint density at radius 2 is 0.594 bits per heavy atom. The molecule has 0 heterocycles. The molecule has 358 valence electrons. The largest absolute Gasteiger partial charge is 0.463 e. The van der Waals surface area contributed by atoms with Crippen LogP contribution in [0.25, 0.3) is 21.5 Å². The predicted octanol–water partition coefficient (Wildman–Crippen LogP) is 19.1. The molecule has 0 aliphatic heterocycles. The third kappa shape index (κ3) is 10.6. The zero-order valence-electron chi connectivity index (χ0n) is 46.3. The van der Waals surface area contributed by atoms with E-state index in [9.17, 15) is 0 Å². The molecule has 0 N–H and O–H groups in total. The molecule has 0 amide bonds. The molecule has 3 nitrogen and oxygen atoms in total. The molecule has 0 aliphatic rings. The number of rotatable bonds is 17. The van der Waals surface area contributed by atoms with Crippen molar-refractivity contribution >= 4 is 30.1 Å². The highest BCUT2D eigenvalue weighted by atomic mass is 31.2. The van der Waals surface area contributed by atoms with Crippen LogP contribution in [-0.2, 0) is 37.0 Å². The predicted molar refractivity (Wildman–Crippen MR) is 284 cm³/mol. The molecule has 0 aromatic heterocycles. The highest BCUT2D eigenvalue weighted by Gasteiger charge is 2.39. The molecule has 4 aromatic rings. The van der Waals surface area contributed by atoms with E-state index >= 15 is 0 Å². The summed E-state index contributed by atoms with van der Waals surface area (Å²) >= 11 is 0. The van der Waals surface area contributed by atoms with Crippen LogP contribution in [0.15, 0.2) is 48.5 Å². The molecule has 0 fully saturated rings. The molecule has 64 heavy (non-hydrogen) atoms. The Morgan fingerprint density at radius 1 is 0.328 bits per heavy atom. The van der Waals surface area contributed by atoms with E-state index in [1.807, 2.05) is 0 Å². The van der Waals surface area contributed by atoms with Crippen LogP contribution < -0.4 is 9.05 Å². The molecule has 0 saturated carbocycles. The van der Waals surface area contributed by atoms with Gasteiger partial charge in [0.25, 0.3) is 0 Å². The summed E-state index contributed by atoms with van der Waals surface area (Å²) in [5.41, 5.74) is 6.71. The summed E-state index contributed by atoms with van der Waals surface area (Å²) in [5.74, 6) is 4.16. The zero-order valence-corrected chi connectivity index (χ0v) is 47.1. The Kier molecular flexibility index (Phi) is 15.6. The van der Waals surface area contributed by atoms with Crippen molar-refractivity contribution < 1.29 is 13.6 Å². The second-order valence-corrected chi connectivity index (χ2v) is 27.0. The fourth-order valence-electron chi connectivity index (χ4n) is 8.10. The van der Waals surface area contributed by atoms with Gasteiger partial charge < -0.3 is 9.05 Å². The highest BCUT2D eigenvalue weighted by Crippen LogP contribution is 2.54.